The van der Waals surface area contributed by atoms with Gasteiger partial charge in [0.05, 0.1) is 18.2 Å². The molecule has 2 aromatic rings. The van der Waals surface area contributed by atoms with E-state index < -0.39 is 0 Å². The van der Waals surface area contributed by atoms with E-state index in [1.165, 1.54) is 7.11 Å². The van der Waals surface area contributed by atoms with Crippen molar-refractivity contribution in [2.45, 2.75) is 6.42 Å². The van der Waals surface area contributed by atoms with Crippen molar-refractivity contribution in [3.63, 3.8) is 0 Å². The Balaban J connectivity index is 1.68. The van der Waals surface area contributed by atoms with Gasteiger partial charge in [-0.05, 0) is 36.6 Å². The molecule has 8 nitrogen and oxygen atoms in total. The minimum Gasteiger partial charge on any atom is -0.465 e. The summed E-state index contributed by atoms with van der Waals surface area (Å²) in [5.41, 5.74) is 7.52. The van der Waals surface area contributed by atoms with Crippen LogP contribution in [0, 0.1) is 5.92 Å². The molecular weight excluding hydrogens is 322 g/mol. The number of benzene rings is 1. The normalized spacial score (nSPS) is 15.8. The molecule has 1 atom stereocenters. The number of fused-ring (bicyclic) bond motifs is 1. The third-order valence-corrected chi connectivity index (χ3v) is 4.35. The Bertz CT molecular complexity index is 831. The van der Waals surface area contributed by atoms with E-state index in [4.69, 9.17) is 10.5 Å². The van der Waals surface area contributed by atoms with Crippen molar-refractivity contribution in [2.75, 3.05) is 43.2 Å². The van der Waals surface area contributed by atoms with Gasteiger partial charge in [0.15, 0.2) is 0 Å². The second-order valence-electron chi connectivity index (χ2n) is 6.15. The number of ether oxygens (including phenoxy) is 1. The quantitative estimate of drug-likeness (QED) is 0.706. The highest BCUT2D eigenvalue weighted by atomic mass is 16.5. The number of hydrogen-bond donors (Lipinski definition) is 3. The Morgan fingerprint density at radius 3 is 2.80 bits per heavy atom. The minimum atomic E-state index is -0.353. The van der Waals surface area contributed by atoms with Crippen molar-refractivity contribution < 1.29 is 9.53 Å². The predicted molar refractivity (Wildman–Crippen MR) is 96.0 cm³/mol. The van der Waals surface area contributed by atoms with Gasteiger partial charge in [-0.1, -0.05) is 0 Å². The number of hydrogen-bond acceptors (Lipinski definition) is 7. The Morgan fingerprint density at radius 2 is 2.12 bits per heavy atom. The van der Waals surface area contributed by atoms with E-state index in [0.717, 1.165) is 12.2 Å². The van der Waals surface area contributed by atoms with E-state index in [1.54, 1.807) is 12.1 Å². The number of esters is 1. The van der Waals surface area contributed by atoms with Crippen LogP contribution in [0.15, 0.2) is 29.1 Å². The molecule has 1 aliphatic rings. The highest BCUT2D eigenvalue weighted by Crippen LogP contribution is 2.22. The van der Waals surface area contributed by atoms with Crippen molar-refractivity contribution in [1.82, 2.24) is 9.97 Å². The molecule has 1 aromatic carbocycles. The average Bonchev–Trinajstić information content (AvgIpc) is 2.61. The summed E-state index contributed by atoms with van der Waals surface area (Å²) < 4.78 is 4.70. The van der Waals surface area contributed by atoms with Gasteiger partial charge in [-0.2, -0.15) is 4.98 Å². The van der Waals surface area contributed by atoms with Gasteiger partial charge >= 0.3 is 5.97 Å². The fraction of sp³-hybridized carbons (Fsp3) is 0.353. The smallest absolute Gasteiger partial charge is 0.337 e. The number of methoxy groups -OCH3 is 1. The zero-order valence-corrected chi connectivity index (χ0v) is 14.2. The number of nitrogens with zero attached hydrogens (tertiary/aromatic N) is 2. The summed E-state index contributed by atoms with van der Waals surface area (Å²) in [7, 11) is 3.34. The summed E-state index contributed by atoms with van der Waals surface area (Å²) in [4.78, 5) is 32.3. The number of H-pyrrole nitrogens is 1. The maximum absolute atomic E-state index is 12.0. The largest absolute Gasteiger partial charge is 0.465 e. The summed E-state index contributed by atoms with van der Waals surface area (Å²) in [5.74, 6) is 0.595. The predicted octanol–water partition coefficient (Wildman–Crippen LogP) is 0.859. The number of carbonyl (C=O) groups is 1. The maximum Gasteiger partial charge on any atom is 0.337 e. The van der Waals surface area contributed by atoms with Gasteiger partial charge in [0, 0.05) is 25.8 Å². The number of carbonyl (C=O) groups excluding carboxylic acids is 1. The summed E-state index contributed by atoms with van der Waals surface area (Å²) in [6.45, 7) is 1.47. The van der Waals surface area contributed by atoms with E-state index in [2.05, 4.69) is 20.2 Å². The second-order valence-corrected chi connectivity index (χ2v) is 6.15. The van der Waals surface area contributed by atoms with Crippen LogP contribution in [0.5, 0.6) is 0 Å². The lowest BCUT2D eigenvalue weighted by Crippen LogP contribution is -2.37. The van der Waals surface area contributed by atoms with Crippen molar-refractivity contribution in [3.8, 4) is 0 Å². The fourth-order valence-corrected chi connectivity index (χ4v) is 3.04. The SMILES string of the molecule is COC(=O)c1ccc(N(C)CC2CNc3nc(N)[nH]c(=O)c3C2)cc1. The van der Waals surface area contributed by atoms with Gasteiger partial charge in [-0.15, -0.1) is 0 Å². The van der Waals surface area contributed by atoms with Crippen LogP contribution in [0.1, 0.15) is 15.9 Å². The molecule has 4 N–H and O–H groups in total. The number of nitrogens with two attached hydrogens (primary N) is 1. The molecule has 1 aromatic heterocycles. The topological polar surface area (TPSA) is 113 Å². The molecule has 0 aliphatic carbocycles. The molecule has 1 aliphatic heterocycles. The summed E-state index contributed by atoms with van der Waals surface area (Å²) in [5, 5.41) is 3.18. The van der Waals surface area contributed by atoms with Crippen LogP contribution in [0.2, 0.25) is 0 Å². The van der Waals surface area contributed by atoms with Crippen molar-refractivity contribution in [3.05, 3.63) is 45.7 Å². The number of aromatic nitrogens is 2. The molecule has 0 amide bonds. The highest BCUT2D eigenvalue weighted by molar-refractivity contribution is 5.89. The van der Waals surface area contributed by atoms with Crippen LogP contribution in [0.4, 0.5) is 17.5 Å². The van der Waals surface area contributed by atoms with Gasteiger partial charge in [-0.3, -0.25) is 9.78 Å². The summed E-state index contributed by atoms with van der Waals surface area (Å²) in [6, 6.07) is 7.24. The zero-order valence-electron chi connectivity index (χ0n) is 14.2. The lowest BCUT2D eigenvalue weighted by atomic mass is 9.96. The van der Waals surface area contributed by atoms with E-state index in [-0.39, 0.29) is 23.4 Å². The molecule has 2 heterocycles. The molecule has 0 bridgehead atoms. The Hall–Kier alpha value is -3.03. The van der Waals surface area contributed by atoms with E-state index >= 15 is 0 Å². The Morgan fingerprint density at radius 1 is 1.40 bits per heavy atom. The standard InChI is InChI=1S/C17H21N5O3/c1-22(12-5-3-11(4-6-12)16(24)25-2)9-10-7-13-14(19-8-10)20-17(18)21-15(13)23/h3-6,10H,7-9H2,1-2H3,(H4,18,19,20,21,23). The van der Waals surface area contributed by atoms with E-state index in [1.807, 2.05) is 19.2 Å². The first-order valence-electron chi connectivity index (χ1n) is 8.00. The van der Waals surface area contributed by atoms with Crippen molar-refractivity contribution >= 4 is 23.4 Å². The van der Waals surface area contributed by atoms with Crippen LogP contribution in [0.3, 0.4) is 0 Å². The van der Waals surface area contributed by atoms with Gasteiger partial charge < -0.3 is 20.7 Å². The molecule has 0 saturated heterocycles. The van der Waals surface area contributed by atoms with Crippen LogP contribution in [0.25, 0.3) is 0 Å². The summed E-state index contributed by atoms with van der Waals surface area (Å²) >= 11 is 0. The monoisotopic (exact) mass is 343 g/mol. The Kier molecular flexibility index (Phi) is 4.60. The summed E-state index contributed by atoms with van der Waals surface area (Å²) in [6.07, 6.45) is 0.634. The van der Waals surface area contributed by atoms with Crippen molar-refractivity contribution in [1.29, 1.82) is 0 Å². The Labute approximate surface area is 145 Å². The van der Waals surface area contributed by atoms with Crippen LogP contribution in [-0.2, 0) is 11.2 Å². The van der Waals surface area contributed by atoms with Gasteiger partial charge in [-0.25, -0.2) is 4.79 Å². The second kappa shape index (κ2) is 6.84. The molecule has 8 heteroatoms. The first kappa shape index (κ1) is 16.8. The average molecular weight is 343 g/mol. The third kappa shape index (κ3) is 3.57. The van der Waals surface area contributed by atoms with Crippen LogP contribution >= 0.6 is 0 Å². The molecule has 0 saturated carbocycles. The molecule has 0 radical (unpaired) electrons. The lowest BCUT2D eigenvalue weighted by Gasteiger charge is -2.29. The lowest BCUT2D eigenvalue weighted by molar-refractivity contribution is 0.0601. The number of nitrogen functional groups attached to an aromatic ring is 1. The zero-order chi connectivity index (χ0) is 18.0. The molecular formula is C17H21N5O3. The molecule has 0 spiro atoms. The molecule has 132 valence electrons. The highest BCUT2D eigenvalue weighted by Gasteiger charge is 2.23. The third-order valence-electron chi connectivity index (χ3n) is 4.35. The molecule has 1 unspecified atom stereocenters. The van der Waals surface area contributed by atoms with Gasteiger partial charge in [0.1, 0.15) is 5.82 Å². The molecule has 25 heavy (non-hydrogen) atoms. The van der Waals surface area contributed by atoms with Gasteiger partial charge in [0.2, 0.25) is 5.95 Å². The number of anilines is 3. The fourth-order valence-electron chi connectivity index (χ4n) is 3.04. The number of aromatic amines is 1. The van der Waals surface area contributed by atoms with Gasteiger partial charge in [0.25, 0.3) is 5.56 Å². The molecule has 0 fully saturated rings. The number of nitrogens with one attached hydrogen (secondary N) is 2. The minimum absolute atomic E-state index is 0.123. The van der Waals surface area contributed by atoms with E-state index in [9.17, 15) is 9.59 Å². The first-order chi connectivity index (χ1) is 12.0. The van der Waals surface area contributed by atoms with Crippen LogP contribution < -0.4 is 21.5 Å². The van der Waals surface area contributed by atoms with Crippen molar-refractivity contribution in [2.24, 2.45) is 5.92 Å². The van der Waals surface area contributed by atoms with E-state index in [0.29, 0.717) is 29.9 Å². The first-order valence-corrected chi connectivity index (χ1v) is 8.00. The maximum atomic E-state index is 12.0. The van der Waals surface area contributed by atoms with Crippen LogP contribution in [-0.4, -0.2) is 43.2 Å². The number of rotatable bonds is 4. The molecule has 3 rings (SSSR count).